The molecule has 0 N–H and O–H groups in total. The second-order valence-corrected chi connectivity index (χ2v) is 6.59. The Morgan fingerprint density at radius 2 is 1.76 bits per heavy atom. The van der Waals surface area contributed by atoms with Gasteiger partial charge in [0.25, 0.3) is 0 Å². The van der Waals surface area contributed by atoms with Crippen LogP contribution in [0.3, 0.4) is 0 Å². The maximum atomic E-state index is 5.86. The van der Waals surface area contributed by atoms with Crippen molar-refractivity contribution in [2.75, 3.05) is 14.1 Å². The van der Waals surface area contributed by atoms with Gasteiger partial charge < -0.3 is 4.90 Å². The molecule has 1 heterocycles. The first-order chi connectivity index (χ1) is 9.98. The molecule has 1 aliphatic carbocycles. The molecule has 108 valence electrons. The largest absolute Gasteiger partial charge is 0.377 e. The Hall–Kier alpha value is -2.09. The van der Waals surface area contributed by atoms with E-state index in [4.69, 9.17) is 4.42 Å². The molecule has 0 amide bonds. The first-order valence-electron chi connectivity index (χ1n) is 7.38. The summed E-state index contributed by atoms with van der Waals surface area (Å²) in [6.07, 6.45) is 5.10. The second kappa shape index (κ2) is 5.03. The molecule has 0 saturated heterocycles. The lowest BCUT2D eigenvalue weighted by molar-refractivity contribution is 0.381. The summed E-state index contributed by atoms with van der Waals surface area (Å²) in [7, 11) is 4.19. The Kier molecular flexibility index (Phi) is 3.32. The monoisotopic (exact) mass is 280 g/mol. The molecule has 0 saturated carbocycles. The Bertz CT molecular complexity index is 684. The van der Waals surface area contributed by atoms with Crippen molar-refractivity contribution in [3.05, 3.63) is 60.1 Å². The summed E-state index contributed by atoms with van der Waals surface area (Å²) < 4.78 is 5.86. The van der Waals surface area contributed by atoms with Gasteiger partial charge in [0.05, 0.1) is 6.42 Å². The zero-order valence-corrected chi connectivity index (χ0v) is 13.2. The Morgan fingerprint density at radius 1 is 1.05 bits per heavy atom. The predicted molar refractivity (Wildman–Crippen MR) is 87.7 cm³/mol. The zero-order valence-electron chi connectivity index (χ0n) is 13.2. The summed E-state index contributed by atoms with van der Waals surface area (Å²) in [5.74, 6) is 1.08. The van der Waals surface area contributed by atoms with Gasteiger partial charge in [0, 0.05) is 31.4 Å². The summed E-state index contributed by atoms with van der Waals surface area (Å²) >= 11 is 0. The van der Waals surface area contributed by atoms with Crippen molar-refractivity contribution in [1.82, 2.24) is 4.90 Å². The summed E-state index contributed by atoms with van der Waals surface area (Å²) in [6.45, 7) is 4.51. The van der Waals surface area contributed by atoms with Crippen molar-refractivity contribution < 1.29 is 4.42 Å². The Morgan fingerprint density at radius 3 is 2.43 bits per heavy atom. The summed E-state index contributed by atoms with van der Waals surface area (Å²) in [5.41, 5.74) is 5.06. The van der Waals surface area contributed by atoms with E-state index in [-0.39, 0.29) is 5.41 Å². The van der Waals surface area contributed by atoms with E-state index < -0.39 is 0 Å². The van der Waals surface area contributed by atoms with Crippen LogP contribution in [0.2, 0.25) is 0 Å². The zero-order chi connectivity index (χ0) is 15.0. The fourth-order valence-electron chi connectivity index (χ4n) is 3.01. The van der Waals surface area contributed by atoms with Crippen molar-refractivity contribution in [3.8, 4) is 11.1 Å². The van der Waals surface area contributed by atoms with Crippen LogP contribution in [0.15, 0.2) is 53.2 Å². The summed E-state index contributed by atoms with van der Waals surface area (Å²) in [5, 5.41) is 0. The number of hydrogen-bond donors (Lipinski definition) is 0. The molecule has 2 nitrogen and oxygen atoms in total. The molecule has 0 spiro atoms. The Labute approximate surface area is 126 Å². The molecule has 2 heteroatoms. The van der Waals surface area contributed by atoms with Gasteiger partial charge in [0.1, 0.15) is 5.56 Å². The average molecular weight is 280 g/mol. The van der Waals surface area contributed by atoms with Crippen LogP contribution in [0.1, 0.15) is 25.2 Å². The first-order valence-corrected chi connectivity index (χ1v) is 7.38. The first kappa shape index (κ1) is 13.9. The van der Waals surface area contributed by atoms with Crippen molar-refractivity contribution in [2.24, 2.45) is 5.41 Å². The van der Waals surface area contributed by atoms with Gasteiger partial charge >= 0.3 is 12.0 Å². The fraction of sp³-hybridized carbons (Fsp3) is 0.316. The van der Waals surface area contributed by atoms with E-state index in [1.807, 2.05) is 6.26 Å². The van der Waals surface area contributed by atoms with Gasteiger partial charge in [-0.05, 0) is 11.0 Å². The van der Waals surface area contributed by atoms with Crippen molar-refractivity contribution >= 4 is 5.70 Å². The molecule has 1 aromatic carbocycles. The van der Waals surface area contributed by atoms with E-state index in [9.17, 15) is 0 Å². The Balaban J connectivity index is 2.24. The van der Waals surface area contributed by atoms with Crippen LogP contribution in [0.4, 0.5) is 0 Å². The number of nitrogens with zero attached hydrogens (tertiary/aromatic N) is 1. The molecular weight excluding hydrogens is 258 g/mol. The molecule has 2 aromatic rings. The maximum Gasteiger partial charge on any atom is 0.339 e. The highest BCUT2D eigenvalue weighted by molar-refractivity contribution is 5.82. The van der Waals surface area contributed by atoms with Gasteiger partial charge in [0.15, 0.2) is 0 Å². The lowest BCUT2D eigenvalue weighted by Gasteiger charge is -2.29. The molecule has 0 aliphatic heterocycles. The number of benzene rings is 1. The highest BCUT2D eigenvalue weighted by Gasteiger charge is 2.35. The molecule has 0 atom stereocenters. The van der Waals surface area contributed by atoms with E-state index in [2.05, 4.69) is 75.3 Å². The molecule has 0 radical (unpaired) electrons. The normalized spacial score (nSPS) is 16.1. The third-order valence-corrected chi connectivity index (χ3v) is 3.96. The van der Waals surface area contributed by atoms with Crippen LogP contribution in [0.5, 0.6) is 0 Å². The minimum Gasteiger partial charge on any atom is -0.377 e. The third kappa shape index (κ3) is 2.58. The van der Waals surface area contributed by atoms with Crippen LogP contribution >= 0.6 is 0 Å². The van der Waals surface area contributed by atoms with Crippen LogP contribution < -0.4 is 0 Å². The fourth-order valence-corrected chi connectivity index (χ4v) is 3.01. The SMILES string of the molecule is CN(C)C1=CC(C)(C)Cc2[o+]ccc(-c3ccccc3)c21. The van der Waals surface area contributed by atoms with Crippen LogP contribution in [0.25, 0.3) is 16.8 Å². The number of hydrogen-bond acceptors (Lipinski definition) is 1. The second-order valence-electron chi connectivity index (χ2n) is 6.59. The summed E-state index contributed by atoms with van der Waals surface area (Å²) in [4.78, 5) is 2.18. The molecule has 0 unspecified atom stereocenters. The summed E-state index contributed by atoms with van der Waals surface area (Å²) in [6, 6.07) is 12.6. The lowest BCUT2D eigenvalue weighted by Crippen LogP contribution is -2.24. The average Bonchev–Trinajstić information content (AvgIpc) is 2.45. The van der Waals surface area contributed by atoms with E-state index in [1.54, 1.807) is 0 Å². The quantitative estimate of drug-likeness (QED) is 0.740. The van der Waals surface area contributed by atoms with E-state index in [0.717, 1.165) is 12.2 Å². The predicted octanol–water partition coefficient (Wildman–Crippen LogP) is 4.71. The molecule has 1 aliphatic rings. The highest BCUT2D eigenvalue weighted by atomic mass is 16.3. The molecule has 21 heavy (non-hydrogen) atoms. The van der Waals surface area contributed by atoms with Gasteiger partial charge in [-0.15, -0.1) is 0 Å². The minimum absolute atomic E-state index is 0.116. The van der Waals surface area contributed by atoms with Gasteiger partial charge in [0.2, 0.25) is 0 Å². The van der Waals surface area contributed by atoms with Crippen LogP contribution in [-0.2, 0) is 6.42 Å². The molecule has 0 fully saturated rings. The van der Waals surface area contributed by atoms with Crippen molar-refractivity contribution in [1.29, 1.82) is 0 Å². The van der Waals surface area contributed by atoms with Crippen molar-refractivity contribution in [3.63, 3.8) is 0 Å². The topological polar surface area (TPSA) is 14.5 Å². The minimum atomic E-state index is 0.116. The van der Waals surface area contributed by atoms with Gasteiger partial charge in [-0.2, -0.15) is 0 Å². The van der Waals surface area contributed by atoms with Gasteiger partial charge in [-0.25, -0.2) is 4.42 Å². The smallest absolute Gasteiger partial charge is 0.339 e. The lowest BCUT2D eigenvalue weighted by atomic mass is 9.79. The van der Waals surface area contributed by atoms with E-state index in [0.29, 0.717) is 0 Å². The van der Waals surface area contributed by atoms with E-state index >= 15 is 0 Å². The van der Waals surface area contributed by atoms with Gasteiger partial charge in [-0.3, -0.25) is 0 Å². The maximum absolute atomic E-state index is 5.86. The molecule has 0 bridgehead atoms. The standard InChI is InChI=1S/C19H22NO/c1-19(2)12-16(20(3)4)18-15(10-11-21-17(18)13-19)14-8-6-5-7-9-14/h5-12H,13H2,1-4H3/q+1. The van der Waals surface area contributed by atoms with Gasteiger partial charge in [-0.1, -0.05) is 50.3 Å². The molecule has 1 aromatic heterocycles. The van der Waals surface area contributed by atoms with Crippen LogP contribution in [0, 0.1) is 5.41 Å². The number of rotatable bonds is 2. The third-order valence-electron chi connectivity index (χ3n) is 3.96. The van der Waals surface area contributed by atoms with Crippen molar-refractivity contribution in [2.45, 2.75) is 20.3 Å². The van der Waals surface area contributed by atoms with E-state index in [1.165, 1.54) is 22.4 Å². The van der Waals surface area contributed by atoms with Crippen LogP contribution in [-0.4, -0.2) is 19.0 Å². The molecular formula is C19H22NO+. The number of allylic oxidation sites excluding steroid dienone is 1. The number of fused-ring (bicyclic) bond motifs is 1. The molecule has 3 rings (SSSR count). The highest BCUT2D eigenvalue weighted by Crippen LogP contribution is 2.41.